The molecule has 2 amide bonds. The van der Waals surface area contributed by atoms with Crippen LogP contribution in [0.5, 0.6) is 5.75 Å². The standard InChI is InChI=1S/C26H21ClN2O4/c1-17-7-13-21(14-8-17)33-26(32)19-9-11-20(12-10-19)28-23-22(27)24(30)29(25(23)31)16-15-18-5-3-2-4-6-18/h2-14,28H,15-16H2,1H3. The third-order valence-corrected chi connectivity index (χ3v) is 5.55. The van der Waals surface area contributed by atoms with E-state index in [-0.39, 0.29) is 17.3 Å². The van der Waals surface area contributed by atoms with E-state index in [0.717, 1.165) is 16.0 Å². The van der Waals surface area contributed by atoms with Crippen molar-refractivity contribution in [1.29, 1.82) is 0 Å². The summed E-state index contributed by atoms with van der Waals surface area (Å²) in [6.07, 6.45) is 0.535. The second-order valence-corrected chi connectivity index (χ2v) is 7.97. The molecular weight excluding hydrogens is 440 g/mol. The first kappa shape index (κ1) is 22.3. The van der Waals surface area contributed by atoms with E-state index in [1.54, 1.807) is 36.4 Å². The van der Waals surface area contributed by atoms with E-state index in [0.29, 0.717) is 23.4 Å². The van der Waals surface area contributed by atoms with Crippen molar-refractivity contribution in [2.45, 2.75) is 13.3 Å². The number of amides is 2. The van der Waals surface area contributed by atoms with Crippen LogP contribution in [0, 0.1) is 6.92 Å². The Bertz CT molecular complexity index is 1220. The lowest BCUT2D eigenvalue weighted by atomic mass is 10.1. The number of esters is 1. The summed E-state index contributed by atoms with van der Waals surface area (Å²) in [6, 6.07) is 23.1. The number of ether oxygens (including phenoxy) is 1. The van der Waals surface area contributed by atoms with Gasteiger partial charge in [-0.2, -0.15) is 0 Å². The second kappa shape index (κ2) is 9.71. The molecule has 3 aromatic carbocycles. The number of anilines is 1. The predicted molar refractivity (Wildman–Crippen MR) is 126 cm³/mol. The lowest BCUT2D eigenvalue weighted by Crippen LogP contribution is -2.34. The van der Waals surface area contributed by atoms with Crippen LogP contribution in [-0.2, 0) is 16.0 Å². The minimum Gasteiger partial charge on any atom is -0.423 e. The Balaban J connectivity index is 1.39. The maximum Gasteiger partial charge on any atom is 0.343 e. The van der Waals surface area contributed by atoms with Gasteiger partial charge in [0.15, 0.2) is 0 Å². The summed E-state index contributed by atoms with van der Waals surface area (Å²) >= 11 is 6.16. The van der Waals surface area contributed by atoms with Gasteiger partial charge in [-0.25, -0.2) is 4.79 Å². The van der Waals surface area contributed by atoms with Gasteiger partial charge < -0.3 is 10.1 Å². The van der Waals surface area contributed by atoms with Crippen LogP contribution in [0.2, 0.25) is 0 Å². The lowest BCUT2D eigenvalue weighted by molar-refractivity contribution is -0.137. The van der Waals surface area contributed by atoms with E-state index < -0.39 is 17.8 Å². The fourth-order valence-electron chi connectivity index (χ4n) is 3.35. The van der Waals surface area contributed by atoms with Gasteiger partial charge in [-0.05, 0) is 55.3 Å². The van der Waals surface area contributed by atoms with Crippen LogP contribution < -0.4 is 10.1 Å². The number of nitrogens with one attached hydrogen (secondary N) is 1. The molecule has 0 atom stereocenters. The molecular formula is C26H21ClN2O4. The van der Waals surface area contributed by atoms with Crippen LogP contribution in [0.4, 0.5) is 5.69 Å². The highest BCUT2D eigenvalue weighted by molar-refractivity contribution is 6.48. The molecule has 0 aliphatic carbocycles. The van der Waals surface area contributed by atoms with Crippen molar-refractivity contribution < 1.29 is 19.1 Å². The molecule has 0 aromatic heterocycles. The second-order valence-electron chi connectivity index (χ2n) is 7.59. The molecule has 1 aliphatic rings. The lowest BCUT2D eigenvalue weighted by Gasteiger charge is -2.15. The number of carbonyl (C=O) groups excluding carboxylic acids is 3. The van der Waals surface area contributed by atoms with E-state index >= 15 is 0 Å². The van der Waals surface area contributed by atoms with Gasteiger partial charge in [0, 0.05) is 12.2 Å². The van der Waals surface area contributed by atoms with Crippen LogP contribution in [0.25, 0.3) is 0 Å². The number of hydrogen-bond acceptors (Lipinski definition) is 5. The molecule has 1 heterocycles. The molecule has 33 heavy (non-hydrogen) atoms. The van der Waals surface area contributed by atoms with Crippen LogP contribution in [-0.4, -0.2) is 29.2 Å². The molecule has 4 rings (SSSR count). The number of hydrogen-bond donors (Lipinski definition) is 1. The minimum atomic E-state index is -0.529. The first-order valence-corrected chi connectivity index (χ1v) is 10.8. The van der Waals surface area contributed by atoms with Crippen LogP contribution in [0.15, 0.2) is 89.6 Å². The fraction of sp³-hybridized carbons (Fsp3) is 0.115. The summed E-state index contributed by atoms with van der Waals surface area (Å²) in [4.78, 5) is 38.8. The van der Waals surface area contributed by atoms with Gasteiger partial charge in [-0.15, -0.1) is 0 Å². The predicted octanol–water partition coefficient (Wildman–Crippen LogP) is 4.69. The minimum absolute atomic E-state index is 0.0183. The quantitative estimate of drug-likeness (QED) is 0.314. The number of aryl methyl sites for hydroxylation is 1. The summed E-state index contributed by atoms with van der Waals surface area (Å²) in [6.45, 7) is 2.18. The number of halogens is 1. The molecule has 0 fully saturated rings. The Labute approximate surface area is 196 Å². The van der Waals surface area contributed by atoms with Crippen LogP contribution in [0.1, 0.15) is 21.5 Å². The molecule has 0 unspecified atom stereocenters. The molecule has 166 valence electrons. The van der Waals surface area contributed by atoms with Crippen molar-refractivity contribution in [2.24, 2.45) is 0 Å². The maximum atomic E-state index is 12.8. The Hall–Kier alpha value is -3.90. The van der Waals surface area contributed by atoms with E-state index in [2.05, 4.69) is 5.32 Å². The van der Waals surface area contributed by atoms with Crippen LogP contribution in [0.3, 0.4) is 0 Å². The zero-order valence-electron chi connectivity index (χ0n) is 17.9. The highest BCUT2D eigenvalue weighted by atomic mass is 35.5. The molecule has 6 nitrogen and oxygen atoms in total. The highest BCUT2D eigenvalue weighted by Gasteiger charge is 2.37. The van der Waals surface area contributed by atoms with Gasteiger partial charge in [0.2, 0.25) is 0 Å². The van der Waals surface area contributed by atoms with Crippen LogP contribution >= 0.6 is 11.6 Å². The Morgan fingerprint density at radius 3 is 2.24 bits per heavy atom. The topological polar surface area (TPSA) is 75.7 Å². The van der Waals surface area contributed by atoms with Gasteiger partial charge in [0.25, 0.3) is 11.8 Å². The van der Waals surface area contributed by atoms with Crippen molar-refractivity contribution in [3.63, 3.8) is 0 Å². The van der Waals surface area contributed by atoms with E-state index in [1.165, 1.54) is 0 Å². The maximum absolute atomic E-state index is 12.8. The zero-order valence-corrected chi connectivity index (χ0v) is 18.6. The zero-order chi connectivity index (χ0) is 23.4. The number of benzene rings is 3. The first-order chi connectivity index (χ1) is 15.9. The molecule has 0 saturated carbocycles. The van der Waals surface area contributed by atoms with Gasteiger partial charge in [0.05, 0.1) is 5.56 Å². The number of nitrogens with zero attached hydrogens (tertiary/aromatic N) is 1. The third-order valence-electron chi connectivity index (χ3n) is 5.20. The van der Waals surface area contributed by atoms with Crippen molar-refractivity contribution in [3.8, 4) is 5.75 Å². The molecule has 7 heteroatoms. The Kier molecular flexibility index (Phi) is 6.56. The molecule has 0 radical (unpaired) electrons. The highest BCUT2D eigenvalue weighted by Crippen LogP contribution is 2.26. The fourth-order valence-corrected chi connectivity index (χ4v) is 3.58. The van der Waals surface area contributed by atoms with Crippen molar-refractivity contribution in [3.05, 3.63) is 106 Å². The summed E-state index contributed by atoms with van der Waals surface area (Å²) < 4.78 is 5.36. The summed E-state index contributed by atoms with van der Waals surface area (Å²) in [5.41, 5.74) is 2.96. The summed E-state index contributed by atoms with van der Waals surface area (Å²) in [7, 11) is 0. The number of imide groups is 1. The Morgan fingerprint density at radius 2 is 1.58 bits per heavy atom. The SMILES string of the molecule is Cc1ccc(OC(=O)c2ccc(NC3=C(Cl)C(=O)N(CCc4ccccc4)C3=O)cc2)cc1. The summed E-state index contributed by atoms with van der Waals surface area (Å²) in [5, 5.41) is 2.75. The average molecular weight is 461 g/mol. The Morgan fingerprint density at radius 1 is 0.909 bits per heavy atom. The molecule has 0 bridgehead atoms. The molecule has 1 aliphatic heterocycles. The summed E-state index contributed by atoms with van der Waals surface area (Å²) in [5.74, 6) is -1.06. The normalized spacial score (nSPS) is 13.5. The van der Waals surface area contributed by atoms with E-state index in [4.69, 9.17) is 16.3 Å². The van der Waals surface area contributed by atoms with Gasteiger partial charge in [0.1, 0.15) is 16.5 Å². The number of carbonyl (C=O) groups is 3. The smallest absolute Gasteiger partial charge is 0.343 e. The monoisotopic (exact) mass is 460 g/mol. The average Bonchev–Trinajstić information content (AvgIpc) is 3.03. The van der Waals surface area contributed by atoms with E-state index in [9.17, 15) is 14.4 Å². The largest absolute Gasteiger partial charge is 0.423 e. The van der Waals surface area contributed by atoms with Crippen molar-refractivity contribution in [1.82, 2.24) is 4.90 Å². The third kappa shape index (κ3) is 5.13. The van der Waals surface area contributed by atoms with Gasteiger partial charge in [-0.1, -0.05) is 59.6 Å². The van der Waals surface area contributed by atoms with E-state index in [1.807, 2.05) is 49.4 Å². The molecule has 1 N–H and O–H groups in total. The van der Waals surface area contributed by atoms with Crippen molar-refractivity contribution in [2.75, 3.05) is 11.9 Å². The number of rotatable bonds is 7. The first-order valence-electron chi connectivity index (χ1n) is 10.4. The molecule has 0 spiro atoms. The van der Waals surface area contributed by atoms with Gasteiger partial charge in [-0.3, -0.25) is 14.5 Å². The van der Waals surface area contributed by atoms with Crippen molar-refractivity contribution >= 4 is 35.1 Å². The molecule has 0 saturated heterocycles. The van der Waals surface area contributed by atoms with Gasteiger partial charge >= 0.3 is 5.97 Å². The molecule has 3 aromatic rings.